The molecule has 7 heteroatoms. The van der Waals surface area contributed by atoms with Crippen molar-refractivity contribution in [3.63, 3.8) is 0 Å². The molecule has 0 aliphatic carbocycles. The van der Waals surface area contributed by atoms with Crippen LogP contribution in [0.5, 0.6) is 0 Å². The van der Waals surface area contributed by atoms with E-state index >= 15 is 0 Å². The average molecular weight is 372 g/mol. The third kappa shape index (κ3) is 3.48. The fourth-order valence-electron chi connectivity index (χ4n) is 3.09. The van der Waals surface area contributed by atoms with Crippen LogP contribution in [0.25, 0.3) is 0 Å². The first-order valence-electron chi connectivity index (χ1n) is 8.24. The van der Waals surface area contributed by atoms with Gasteiger partial charge in [0, 0.05) is 11.3 Å². The van der Waals surface area contributed by atoms with Gasteiger partial charge in [0.25, 0.3) is 5.91 Å². The predicted octanol–water partition coefficient (Wildman–Crippen LogP) is 2.87. The van der Waals surface area contributed by atoms with E-state index in [9.17, 15) is 18.0 Å². The fourth-order valence-corrected chi connectivity index (χ4v) is 4.91. The smallest absolute Gasteiger partial charge is 0.255 e. The van der Waals surface area contributed by atoms with Crippen LogP contribution in [0.2, 0.25) is 0 Å². The maximum Gasteiger partial charge on any atom is 0.255 e. The molecule has 26 heavy (non-hydrogen) atoms. The van der Waals surface area contributed by atoms with E-state index in [4.69, 9.17) is 0 Å². The zero-order valence-electron chi connectivity index (χ0n) is 14.8. The summed E-state index contributed by atoms with van der Waals surface area (Å²) in [6, 6.07) is 11.7. The lowest BCUT2D eigenvalue weighted by Crippen LogP contribution is -2.30. The zero-order valence-corrected chi connectivity index (χ0v) is 15.6. The molecule has 0 saturated carbocycles. The van der Waals surface area contributed by atoms with E-state index in [2.05, 4.69) is 5.32 Å². The Morgan fingerprint density at radius 3 is 2.15 bits per heavy atom. The molecule has 1 aliphatic heterocycles. The highest BCUT2D eigenvalue weighted by molar-refractivity contribution is 7.94. The summed E-state index contributed by atoms with van der Waals surface area (Å²) < 4.78 is 25.1. The van der Waals surface area contributed by atoms with Gasteiger partial charge in [0.15, 0.2) is 0 Å². The summed E-state index contributed by atoms with van der Waals surface area (Å²) in [5.74, 6) is -1.50. The van der Waals surface area contributed by atoms with Gasteiger partial charge in [0.05, 0.1) is 17.4 Å². The number of carbonyl (C=O) groups excluding carboxylic acids is 2. The highest BCUT2D eigenvalue weighted by Gasteiger charge is 2.41. The summed E-state index contributed by atoms with van der Waals surface area (Å²) in [5, 5.41) is 2.82. The van der Waals surface area contributed by atoms with Gasteiger partial charge >= 0.3 is 0 Å². The van der Waals surface area contributed by atoms with Crippen molar-refractivity contribution >= 4 is 33.2 Å². The van der Waals surface area contributed by atoms with E-state index in [0.717, 1.165) is 15.4 Å². The van der Waals surface area contributed by atoms with Crippen molar-refractivity contribution in [1.82, 2.24) is 0 Å². The zero-order chi connectivity index (χ0) is 19.1. The van der Waals surface area contributed by atoms with Crippen LogP contribution in [0.1, 0.15) is 28.4 Å². The summed E-state index contributed by atoms with van der Waals surface area (Å²) in [6.07, 6.45) is 0. The molecule has 6 nitrogen and oxygen atoms in total. The highest BCUT2D eigenvalue weighted by atomic mass is 32.2. The first-order chi connectivity index (χ1) is 12.2. The van der Waals surface area contributed by atoms with Crippen LogP contribution >= 0.6 is 0 Å². The predicted molar refractivity (Wildman–Crippen MR) is 101 cm³/mol. The molecule has 1 N–H and O–H groups in total. The molecule has 1 fully saturated rings. The minimum atomic E-state index is -3.65. The number of anilines is 2. The molecular weight excluding hydrogens is 352 g/mol. The minimum Gasteiger partial charge on any atom is -0.322 e. The van der Waals surface area contributed by atoms with E-state index < -0.39 is 21.8 Å². The molecule has 2 aromatic carbocycles. The molecule has 2 aromatic rings. The van der Waals surface area contributed by atoms with E-state index in [1.165, 1.54) is 24.3 Å². The Balaban J connectivity index is 1.81. The van der Waals surface area contributed by atoms with E-state index in [1.807, 2.05) is 32.0 Å². The molecule has 1 saturated heterocycles. The summed E-state index contributed by atoms with van der Waals surface area (Å²) in [4.78, 5) is 24.5. The van der Waals surface area contributed by atoms with Crippen LogP contribution in [0.3, 0.4) is 0 Å². The molecule has 0 aromatic heterocycles. The lowest BCUT2D eigenvalue weighted by Gasteiger charge is -2.15. The number of carbonyl (C=O) groups is 2. The van der Waals surface area contributed by atoms with Crippen LogP contribution in [-0.4, -0.2) is 26.0 Å². The molecule has 2 amide bonds. The Morgan fingerprint density at radius 2 is 1.65 bits per heavy atom. The van der Waals surface area contributed by atoms with Crippen molar-refractivity contribution in [3.8, 4) is 0 Å². The molecule has 0 bridgehead atoms. The van der Waals surface area contributed by atoms with Crippen LogP contribution in [-0.2, 0) is 14.8 Å². The Kier molecular flexibility index (Phi) is 4.58. The van der Waals surface area contributed by atoms with Gasteiger partial charge in [0.1, 0.15) is 0 Å². The van der Waals surface area contributed by atoms with Crippen LogP contribution in [0.15, 0.2) is 42.5 Å². The van der Waals surface area contributed by atoms with Crippen molar-refractivity contribution in [2.75, 3.05) is 15.4 Å². The van der Waals surface area contributed by atoms with Gasteiger partial charge in [-0.1, -0.05) is 13.0 Å². The third-order valence-corrected chi connectivity index (χ3v) is 6.07. The molecule has 0 radical (unpaired) electrons. The molecular formula is C19H20N2O4S. The minimum absolute atomic E-state index is 0.194. The SMILES string of the molecule is Cc1cc(C)cc(NC(=O)c2ccc(N3C(=O)C(C)CS3(=O)=O)cc2)c1. The Hall–Kier alpha value is -2.67. The average Bonchev–Trinajstić information content (AvgIpc) is 2.74. The van der Waals surface area contributed by atoms with E-state index in [0.29, 0.717) is 11.3 Å². The lowest BCUT2D eigenvalue weighted by atomic mass is 10.1. The van der Waals surface area contributed by atoms with Crippen molar-refractivity contribution in [2.24, 2.45) is 5.92 Å². The van der Waals surface area contributed by atoms with Crippen molar-refractivity contribution in [1.29, 1.82) is 0 Å². The van der Waals surface area contributed by atoms with Crippen LogP contribution in [0.4, 0.5) is 11.4 Å². The molecule has 3 rings (SSSR count). The fraction of sp³-hybridized carbons (Fsp3) is 0.263. The number of benzene rings is 2. The third-order valence-electron chi connectivity index (χ3n) is 4.20. The number of rotatable bonds is 3. The summed E-state index contributed by atoms with van der Waals surface area (Å²) in [7, 11) is -3.65. The van der Waals surface area contributed by atoms with Crippen LogP contribution in [0, 0.1) is 19.8 Å². The molecule has 1 heterocycles. The maximum absolute atomic E-state index is 12.4. The number of aryl methyl sites for hydroxylation is 2. The number of hydrogen-bond donors (Lipinski definition) is 1. The molecule has 0 spiro atoms. The molecule has 1 atom stereocenters. The number of amides is 2. The van der Waals surface area contributed by atoms with Gasteiger partial charge in [-0.2, -0.15) is 0 Å². The summed E-state index contributed by atoms with van der Waals surface area (Å²) in [5.41, 5.74) is 3.42. The second-order valence-electron chi connectivity index (χ2n) is 6.66. The molecule has 1 unspecified atom stereocenters. The lowest BCUT2D eigenvalue weighted by molar-refractivity contribution is -0.119. The van der Waals surface area contributed by atoms with Crippen molar-refractivity contribution < 1.29 is 18.0 Å². The van der Waals surface area contributed by atoms with Crippen molar-refractivity contribution in [3.05, 3.63) is 59.2 Å². The van der Waals surface area contributed by atoms with Gasteiger partial charge in [-0.3, -0.25) is 9.59 Å². The Labute approximate surface area is 152 Å². The molecule has 136 valence electrons. The molecule has 1 aliphatic rings. The Morgan fingerprint density at radius 1 is 1.08 bits per heavy atom. The number of sulfonamides is 1. The van der Waals surface area contributed by atoms with Gasteiger partial charge < -0.3 is 5.32 Å². The van der Waals surface area contributed by atoms with Gasteiger partial charge in [0.2, 0.25) is 15.9 Å². The van der Waals surface area contributed by atoms with Crippen LogP contribution < -0.4 is 9.62 Å². The summed E-state index contributed by atoms with van der Waals surface area (Å²) in [6.45, 7) is 5.49. The second kappa shape index (κ2) is 6.57. The number of hydrogen-bond acceptors (Lipinski definition) is 4. The maximum atomic E-state index is 12.4. The monoisotopic (exact) mass is 372 g/mol. The first kappa shape index (κ1) is 18.1. The number of nitrogens with zero attached hydrogens (tertiary/aromatic N) is 1. The van der Waals surface area contributed by atoms with Crippen molar-refractivity contribution in [2.45, 2.75) is 20.8 Å². The Bertz CT molecular complexity index is 961. The number of nitrogens with one attached hydrogen (secondary N) is 1. The van der Waals surface area contributed by atoms with E-state index in [-0.39, 0.29) is 17.3 Å². The van der Waals surface area contributed by atoms with Gasteiger partial charge in [-0.25, -0.2) is 12.7 Å². The second-order valence-corrected chi connectivity index (χ2v) is 8.52. The largest absolute Gasteiger partial charge is 0.322 e. The quantitative estimate of drug-likeness (QED) is 0.898. The topological polar surface area (TPSA) is 83.6 Å². The highest BCUT2D eigenvalue weighted by Crippen LogP contribution is 2.28. The van der Waals surface area contributed by atoms with E-state index in [1.54, 1.807) is 6.92 Å². The van der Waals surface area contributed by atoms with Gasteiger partial charge in [-0.15, -0.1) is 0 Å². The normalized spacial score (nSPS) is 18.8. The standard InChI is InChI=1S/C19H20N2O4S/c1-12-8-13(2)10-16(9-12)20-18(22)15-4-6-17(7-5-15)21-19(23)14(3)11-26(21,24)25/h4-10,14H,11H2,1-3H3,(H,20,22). The summed E-state index contributed by atoms with van der Waals surface area (Å²) >= 11 is 0. The first-order valence-corrected chi connectivity index (χ1v) is 9.85. The van der Waals surface area contributed by atoms with Gasteiger partial charge in [-0.05, 0) is 61.4 Å².